The second kappa shape index (κ2) is 8.55. The summed E-state index contributed by atoms with van der Waals surface area (Å²) >= 11 is 0. The number of amides is 1. The third-order valence-electron chi connectivity index (χ3n) is 2.80. The maximum absolute atomic E-state index is 11.2. The number of aliphatic hydroxyl groups excluding tert-OH is 1. The minimum absolute atomic E-state index is 0.0741. The Kier molecular flexibility index (Phi) is 7.04. The van der Waals surface area contributed by atoms with Crippen molar-refractivity contribution >= 4 is 5.91 Å². The highest BCUT2D eigenvalue weighted by atomic mass is 16.5. The van der Waals surface area contributed by atoms with E-state index in [0.29, 0.717) is 13.1 Å². The minimum atomic E-state index is -0.648. The van der Waals surface area contributed by atoms with Crippen LogP contribution in [0.3, 0.4) is 0 Å². The van der Waals surface area contributed by atoms with Crippen LogP contribution in [-0.4, -0.2) is 43.4 Å². The van der Waals surface area contributed by atoms with Crippen molar-refractivity contribution in [1.82, 2.24) is 10.6 Å². The summed E-state index contributed by atoms with van der Waals surface area (Å²) in [7, 11) is 0. The monoisotopic (exact) mass is 280 g/mol. The molecule has 0 heterocycles. The number of carbonyl (C=O) groups is 1. The van der Waals surface area contributed by atoms with Crippen molar-refractivity contribution in [2.24, 2.45) is 0 Å². The van der Waals surface area contributed by atoms with Crippen molar-refractivity contribution in [3.8, 4) is 5.75 Å². The van der Waals surface area contributed by atoms with Crippen LogP contribution >= 0.6 is 0 Å². The lowest BCUT2D eigenvalue weighted by Gasteiger charge is -2.14. The first kappa shape index (κ1) is 16.5. The zero-order valence-electron chi connectivity index (χ0n) is 12.4. The van der Waals surface area contributed by atoms with Crippen molar-refractivity contribution in [2.75, 3.05) is 26.2 Å². The molecule has 0 aromatic heterocycles. The Balaban J connectivity index is 2.26. The standard InChI is InChI=1S/C15H24N2O3/c1-4-17-15(19)9-16-8-13(18)10-20-14-6-5-11(2)7-12(14)3/h5-7,13,16,18H,4,8-10H2,1-3H3,(H,17,19). The van der Waals surface area contributed by atoms with Gasteiger partial charge in [-0.1, -0.05) is 17.7 Å². The molecular weight excluding hydrogens is 256 g/mol. The fourth-order valence-electron chi connectivity index (χ4n) is 1.82. The van der Waals surface area contributed by atoms with E-state index < -0.39 is 6.10 Å². The number of hydrogen-bond donors (Lipinski definition) is 3. The van der Waals surface area contributed by atoms with Gasteiger partial charge in [-0.25, -0.2) is 0 Å². The van der Waals surface area contributed by atoms with E-state index in [1.165, 1.54) is 5.56 Å². The van der Waals surface area contributed by atoms with E-state index >= 15 is 0 Å². The number of nitrogens with one attached hydrogen (secondary N) is 2. The van der Waals surface area contributed by atoms with Gasteiger partial charge in [-0.3, -0.25) is 4.79 Å². The number of aryl methyl sites for hydroxylation is 2. The molecule has 3 N–H and O–H groups in total. The summed E-state index contributed by atoms with van der Waals surface area (Å²) in [5.41, 5.74) is 2.23. The van der Waals surface area contributed by atoms with Gasteiger partial charge in [0.15, 0.2) is 0 Å². The molecule has 1 atom stereocenters. The maximum Gasteiger partial charge on any atom is 0.233 e. The molecular formula is C15H24N2O3. The summed E-state index contributed by atoms with van der Waals surface area (Å²) in [6.45, 7) is 7.20. The molecule has 0 aliphatic heterocycles. The SMILES string of the molecule is CCNC(=O)CNCC(O)COc1ccc(C)cc1C. The summed E-state index contributed by atoms with van der Waals surface area (Å²) in [5, 5.41) is 15.3. The molecule has 5 heteroatoms. The van der Waals surface area contributed by atoms with Crippen LogP contribution in [0.5, 0.6) is 5.75 Å². The van der Waals surface area contributed by atoms with Crippen LogP contribution < -0.4 is 15.4 Å². The lowest BCUT2D eigenvalue weighted by molar-refractivity contribution is -0.120. The minimum Gasteiger partial charge on any atom is -0.491 e. The summed E-state index contributed by atoms with van der Waals surface area (Å²) in [5.74, 6) is 0.702. The predicted molar refractivity (Wildman–Crippen MR) is 79.0 cm³/mol. The van der Waals surface area contributed by atoms with Gasteiger partial charge in [-0.15, -0.1) is 0 Å². The normalized spacial score (nSPS) is 12.0. The molecule has 1 aromatic rings. The first-order valence-electron chi connectivity index (χ1n) is 6.88. The quantitative estimate of drug-likeness (QED) is 0.658. The average Bonchev–Trinajstić information content (AvgIpc) is 2.38. The Morgan fingerprint density at radius 1 is 1.40 bits per heavy atom. The zero-order valence-corrected chi connectivity index (χ0v) is 12.4. The van der Waals surface area contributed by atoms with Crippen LogP contribution in [0.25, 0.3) is 0 Å². The number of likely N-dealkylation sites (N-methyl/N-ethyl adjacent to an activating group) is 1. The van der Waals surface area contributed by atoms with Crippen LogP contribution in [0.4, 0.5) is 0 Å². The first-order chi connectivity index (χ1) is 9.52. The summed E-state index contributed by atoms with van der Waals surface area (Å²) in [6, 6.07) is 5.91. The van der Waals surface area contributed by atoms with Gasteiger partial charge >= 0.3 is 0 Å². The third kappa shape index (κ3) is 6.04. The second-order valence-corrected chi connectivity index (χ2v) is 4.82. The van der Waals surface area contributed by atoms with E-state index in [9.17, 15) is 9.90 Å². The van der Waals surface area contributed by atoms with Crippen molar-refractivity contribution in [3.63, 3.8) is 0 Å². The van der Waals surface area contributed by atoms with Crippen molar-refractivity contribution in [1.29, 1.82) is 0 Å². The predicted octanol–water partition coefficient (Wildman–Crippen LogP) is 0.769. The molecule has 1 rings (SSSR count). The van der Waals surface area contributed by atoms with Crippen LogP contribution in [0.15, 0.2) is 18.2 Å². The Hall–Kier alpha value is -1.59. The van der Waals surface area contributed by atoms with E-state index in [-0.39, 0.29) is 19.1 Å². The molecule has 0 fully saturated rings. The zero-order chi connectivity index (χ0) is 15.0. The van der Waals surface area contributed by atoms with Crippen LogP contribution in [0.2, 0.25) is 0 Å². The fraction of sp³-hybridized carbons (Fsp3) is 0.533. The molecule has 1 aromatic carbocycles. The number of aliphatic hydroxyl groups is 1. The van der Waals surface area contributed by atoms with Crippen molar-refractivity contribution < 1.29 is 14.6 Å². The van der Waals surface area contributed by atoms with Gasteiger partial charge in [0.2, 0.25) is 5.91 Å². The molecule has 5 nitrogen and oxygen atoms in total. The number of ether oxygens (including phenoxy) is 1. The number of rotatable bonds is 8. The molecule has 1 amide bonds. The molecule has 20 heavy (non-hydrogen) atoms. The summed E-state index contributed by atoms with van der Waals surface area (Å²) in [6.07, 6.45) is -0.648. The van der Waals surface area contributed by atoms with E-state index in [1.54, 1.807) is 0 Å². The third-order valence-corrected chi connectivity index (χ3v) is 2.80. The van der Waals surface area contributed by atoms with Crippen LogP contribution in [0, 0.1) is 13.8 Å². The fourth-order valence-corrected chi connectivity index (χ4v) is 1.82. The van der Waals surface area contributed by atoms with Crippen molar-refractivity contribution in [3.05, 3.63) is 29.3 Å². The van der Waals surface area contributed by atoms with Crippen LogP contribution in [0.1, 0.15) is 18.1 Å². The molecule has 0 saturated heterocycles. The number of hydrogen-bond acceptors (Lipinski definition) is 4. The molecule has 0 radical (unpaired) electrons. The van der Waals surface area contributed by atoms with Gasteiger partial charge in [-0.05, 0) is 32.4 Å². The lowest BCUT2D eigenvalue weighted by atomic mass is 10.1. The Morgan fingerprint density at radius 3 is 2.80 bits per heavy atom. The molecule has 0 aliphatic rings. The highest BCUT2D eigenvalue weighted by Gasteiger charge is 2.07. The molecule has 0 aliphatic carbocycles. The smallest absolute Gasteiger partial charge is 0.233 e. The Morgan fingerprint density at radius 2 is 2.15 bits per heavy atom. The summed E-state index contributed by atoms with van der Waals surface area (Å²) in [4.78, 5) is 11.2. The van der Waals surface area contributed by atoms with Gasteiger partial charge in [0.25, 0.3) is 0 Å². The lowest BCUT2D eigenvalue weighted by Crippen LogP contribution is -2.38. The molecule has 1 unspecified atom stereocenters. The van der Waals surface area contributed by atoms with Crippen LogP contribution in [-0.2, 0) is 4.79 Å². The first-order valence-corrected chi connectivity index (χ1v) is 6.88. The maximum atomic E-state index is 11.2. The highest BCUT2D eigenvalue weighted by Crippen LogP contribution is 2.18. The Labute approximate surface area is 120 Å². The molecule has 0 spiro atoms. The van der Waals surface area contributed by atoms with Gasteiger partial charge in [0, 0.05) is 13.1 Å². The molecule has 0 bridgehead atoms. The topological polar surface area (TPSA) is 70.6 Å². The van der Waals surface area contributed by atoms with Gasteiger partial charge < -0.3 is 20.5 Å². The number of benzene rings is 1. The largest absolute Gasteiger partial charge is 0.491 e. The van der Waals surface area contributed by atoms with Gasteiger partial charge in [0.1, 0.15) is 18.5 Å². The van der Waals surface area contributed by atoms with Crippen molar-refractivity contribution in [2.45, 2.75) is 26.9 Å². The summed E-state index contributed by atoms with van der Waals surface area (Å²) < 4.78 is 5.57. The Bertz CT molecular complexity index is 435. The molecule has 0 saturated carbocycles. The number of carbonyl (C=O) groups excluding carboxylic acids is 1. The molecule has 112 valence electrons. The second-order valence-electron chi connectivity index (χ2n) is 4.82. The van der Waals surface area contributed by atoms with E-state index in [2.05, 4.69) is 10.6 Å². The van der Waals surface area contributed by atoms with E-state index in [0.717, 1.165) is 11.3 Å². The van der Waals surface area contributed by atoms with E-state index in [4.69, 9.17) is 4.74 Å². The van der Waals surface area contributed by atoms with E-state index in [1.807, 2.05) is 39.0 Å². The highest BCUT2D eigenvalue weighted by molar-refractivity contribution is 5.77. The van der Waals surface area contributed by atoms with Gasteiger partial charge in [-0.2, -0.15) is 0 Å². The van der Waals surface area contributed by atoms with Gasteiger partial charge in [0.05, 0.1) is 6.54 Å². The average molecular weight is 280 g/mol.